The molecular weight excluding hydrogens is 392 g/mol. The van der Waals surface area contributed by atoms with Crippen molar-refractivity contribution in [3.8, 4) is 0 Å². The number of hydrogen-bond donors (Lipinski definition) is 2. The van der Waals surface area contributed by atoms with Crippen LogP contribution in [0, 0.1) is 5.92 Å². The number of carbonyl (C=O) groups is 2. The monoisotopic (exact) mass is 416 g/mol. The maximum atomic E-state index is 12.6. The molecule has 2 aliphatic rings. The molecule has 9 heteroatoms. The van der Waals surface area contributed by atoms with Crippen LogP contribution in [0.2, 0.25) is 0 Å². The van der Waals surface area contributed by atoms with Gasteiger partial charge in [0.05, 0.1) is 23.6 Å². The molecule has 0 aromatic heterocycles. The van der Waals surface area contributed by atoms with Gasteiger partial charge >= 0.3 is 5.97 Å². The minimum Gasteiger partial charge on any atom is -0.465 e. The van der Waals surface area contributed by atoms with Crippen LogP contribution in [0.15, 0.2) is 23.1 Å². The molecule has 1 aliphatic carbocycles. The van der Waals surface area contributed by atoms with E-state index in [0.29, 0.717) is 12.0 Å². The lowest BCUT2D eigenvalue weighted by molar-refractivity contribution is -0.117. The fourth-order valence-corrected chi connectivity index (χ4v) is 4.55. The van der Waals surface area contributed by atoms with Crippen molar-refractivity contribution in [3.05, 3.63) is 23.8 Å². The number of rotatable bonds is 4. The summed E-state index contributed by atoms with van der Waals surface area (Å²) in [6.45, 7) is 0. The quantitative estimate of drug-likeness (QED) is 0.729. The Morgan fingerprint density at radius 3 is 2.52 bits per heavy atom. The van der Waals surface area contributed by atoms with Crippen molar-refractivity contribution in [2.75, 3.05) is 18.7 Å². The van der Waals surface area contributed by atoms with Crippen LogP contribution in [-0.2, 0) is 19.4 Å². The predicted octanol–water partition coefficient (Wildman–Crippen LogP) is 2.16. The van der Waals surface area contributed by atoms with Crippen LogP contribution in [0.3, 0.4) is 0 Å². The van der Waals surface area contributed by atoms with E-state index in [2.05, 4.69) is 15.4 Å². The van der Waals surface area contributed by atoms with Crippen LogP contribution in [-0.4, -0.2) is 45.7 Å². The Labute approximate surface area is 165 Å². The second-order valence-corrected chi connectivity index (χ2v) is 9.12. The minimum absolute atomic E-state index is 0. The molecule has 0 bridgehead atoms. The second kappa shape index (κ2) is 8.58. The Morgan fingerprint density at radius 1 is 1.19 bits per heavy atom. The second-order valence-electron chi connectivity index (χ2n) is 7.11. The first kappa shape index (κ1) is 21.7. The lowest BCUT2D eigenvalue weighted by atomic mass is 9.85. The van der Waals surface area contributed by atoms with E-state index in [9.17, 15) is 18.0 Å². The zero-order valence-corrected chi connectivity index (χ0v) is 17.0. The first-order valence-corrected chi connectivity index (χ1v) is 10.7. The summed E-state index contributed by atoms with van der Waals surface area (Å²) in [6.07, 6.45) is 6.45. The molecule has 1 aromatic carbocycles. The lowest BCUT2D eigenvalue weighted by Gasteiger charge is -2.24. The van der Waals surface area contributed by atoms with Crippen molar-refractivity contribution in [1.82, 2.24) is 5.32 Å². The number of methoxy groups -OCH3 is 1. The van der Waals surface area contributed by atoms with E-state index in [1.807, 2.05) is 0 Å². The number of ether oxygens (including phenoxy) is 1. The van der Waals surface area contributed by atoms with Gasteiger partial charge in [-0.25, -0.2) is 13.2 Å². The molecular formula is C18H25ClN2O5S. The molecule has 1 heterocycles. The number of hydrogen-bond acceptors (Lipinski definition) is 6. The molecule has 0 spiro atoms. The highest BCUT2D eigenvalue weighted by Crippen LogP contribution is 2.33. The van der Waals surface area contributed by atoms with Crippen molar-refractivity contribution in [2.45, 2.75) is 49.1 Å². The van der Waals surface area contributed by atoms with E-state index in [1.165, 1.54) is 38.2 Å². The molecule has 150 valence electrons. The number of benzene rings is 1. The van der Waals surface area contributed by atoms with Gasteiger partial charge in [-0.15, -0.1) is 12.4 Å². The molecule has 2 N–H and O–H groups in total. The molecule has 1 saturated carbocycles. The number of halogens is 1. The Hall–Kier alpha value is -1.64. The summed E-state index contributed by atoms with van der Waals surface area (Å²) in [7, 11) is -2.32. The number of fused-ring (bicyclic) bond motifs is 1. The van der Waals surface area contributed by atoms with Gasteiger partial charge in [0.15, 0.2) is 9.84 Å². The molecule has 27 heavy (non-hydrogen) atoms. The third-order valence-corrected chi connectivity index (χ3v) is 6.29. The summed E-state index contributed by atoms with van der Waals surface area (Å²) in [5.74, 6) is -0.343. The molecule has 3 atom stereocenters. The number of amides is 1. The molecule has 3 unspecified atom stereocenters. The summed E-state index contributed by atoms with van der Waals surface area (Å²) < 4.78 is 28.4. The Morgan fingerprint density at radius 2 is 1.89 bits per heavy atom. The Bertz CT molecular complexity index is 813. The van der Waals surface area contributed by atoms with Crippen molar-refractivity contribution in [1.29, 1.82) is 0 Å². The van der Waals surface area contributed by atoms with Crippen molar-refractivity contribution in [2.24, 2.45) is 5.92 Å². The van der Waals surface area contributed by atoms with Crippen molar-refractivity contribution >= 4 is 39.8 Å². The normalized spacial score (nSPS) is 24.4. The highest BCUT2D eigenvalue weighted by Gasteiger charge is 2.38. The largest absolute Gasteiger partial charge is 0.465 e. The smallest absolute Gasteiger partial charge is 0.337 e. The fourth-order valence-electron chi connectivity index (χ4n) is 3.87. The van der Waals surface area contributed by atoms with Gasteiger partial charge in [0.25, 0.3) is 0 Å². The molecule has 3 rings (SSSR count). The maximum Gasteiger partial charge on any atom is 0.337 e. The van der Waals surface area contributed by atoms with E-state index in [4.69, 9.17) is 0 Å². The lowest BCUT2D eigenvalue weighted by Crippen LogP contribution is -2.39. The highest BCUT2D eigenvalue weighted by molar-refractivity contribution is 7.90. The van der Waals surface area contributed by atoms with Crippen LogP contribution < -0.4 is 10.6 Å². The number of anilines is 1. The predicted molar refractivity (Wildman–Crippen MR) is 104 cm³/mol. The maximum absolute atomic E-state index is 12.6. The number of carbonyl (C=O) groups excluding carboxylic acids is 2. The molecule has 1 saturated heterocycles. The molecule has 1 aromatic rings. The van der Waals surface area contributed by atoms with Gasteiger partial charge in [0.1, 0.15) is 0 Å². The summed E-state index contributed by atoms with van der Waals surface area (Å²) in [4.78, 5) is 24.4. The minimum atomic E-state index is -3.54. The van der Waals surface area contributed by atoms with E-state index < -0.39 is 15.8 Å². The zero-order chi connectivity index (χ0) is 18.9. The molecule has 2 fully saturated rings. The average molecular weight is 417 g/mol. The van der Waals surface area contributed by atoms with Crippen molar-refractivity contribution in [3.63, 3.8) is 0 Å². The standard InChI is InChI=1S/C18H24N2O5S.ClH/c1-25-18(22)12-7-13(10-14(8-12)26(2,23)24)19-17(21)16-9-11-5-3-4-6-15(11)20-16;/h7-8,10-11,15-16,20H,3-6,9H2,1-2H3,(H,19,21);1H. The average Bonchev–Trinajstić information content (AvgIpc) is 3.04. The SMILES string of the molecule is COC(=O)c1cc(NC(=O)C2CC3CCCCC3N2)cc(S(C)(=O)=O)c1.Cl. The summed E-state index contributed by atoms with van der Waals surface area (Å²) in [5.41, 5.74) is 0.355. The molecule has 1 amide bonds. The van der Waals surface area contributed by atoms with Crippen LogP contribution >= 0.6 is 12.4 Å². The van der Waals surface area contributed by atoms with E-state index in [-0.39, 0.29) is 40.5 Å². The van der Waals surface area contributed by atoms with Crippen LogP contribution in [0.5, 0.6) is 0 Å². The van der Waals surface area contributed by atoms with Crippen LogP contribution in [0.25, 0.3) is 0 Å². The topological polar surface area (TPSA) is 102 Å². The highest BCUT2D eigenvalue weighted by atomic mass is 35.5. The van der Waals surface area contributed by atoms with Gasteiger partial charge in [-0.1, -0.05) is 12.8 Å². The van der Waals surface area contributed by atoms with Gasteiger partial charge < -0.3 is 15.4 Å². The number of sulfone groups is 1. The van der Waals surface area contributed by atoms with Gasteiger partial charge in [0, 0.05) is 18.0 Å². The first-order chi connectivity index (χ1) is 12.3. The van der Waals surface area contributed by atoms with Crippen molar-refractivity contribution < 1.29 is 22.7 Å². The van der Waals surface area contributed by atoms with Crippen LogP contribution in [0.4, 0.5) is 5.69 Å². The molecule has 0 radical (unpaired) electrons. The number of nitrogens with one attached hydrogen (secondary N) is 2. The van der Waals surface area contributed by atoms with E-state index in [1.54, 1.807) is 0 Å². The zero-order valence-electron chi connectivity index (χ0n) is 15.4. The number of esters is 1. The Kier molecular flexibility index (Phi) is 6.88. The van der Waals surface area contributed by atoms with E-state index in [0.717, 1.165) is 25.5 Å². The van der Waals surface area contributed by atoms with Crippen LogP contribution in [0.1, 0.15) is 42.5 Å². The van der Waals surface area contributed by atoms with Gasteiger partial charge in [-0.3, -0.25) is 4.79 Å². The first-order valence-electron chi connectivity index (χ1n) is 8.78. The summed E-state index contributed by atoms with van der Waals surface area (Å²) >= 11 is 0. The summed E-state index contributed by atoms with van der Waals surface area (Å²) in [5, 5.41) is 6.14. The van der Waals surface area contributed by atoms with Gasteiger partial charge in [-0.05, 0) is 43.4 Å². The van der Waals surface area contributed by atoms with Gasteiger partial charge in [0.2, 0.25) is 5.91 Å². The van der Waals surface area contributed by atoms with E-state index >= 15 is 0 Å². The third-order valence-electron chi connectivity index (χ3n) is 5.20. The van der Waals surface area contributed by atoms with Gasteiger partial charge in [-0.2, -0.15) is 0 Å². The Balaban J connectivity index is 0.00000261. The molecule has 1 aliphatic heterocycles. The third kappa shape index (κ3) is 5.00. The fraction of sp³-hybridized carbons (Fsp3) is 0.556. The molecule has 7 nitrogen and oxygen atoms in total. The summed E-state index contributed by atoms with van der Waals surface area (Å²) in [6, 6.07) is 4.13.